The first kappa shape index (κ1) is 22.9. The van der Waals surface area contributed by atoms with Gasteiger partial charge in [0.15, 0.2) is 0 Å². The molecule has 8 heteroatoms. The lowest BCUT2D eigenvalue weighted by molar-refractivity contribution is -0.137. The molecule has 5 rings (SSSR count). The molecule has 5 nitrogen and oxygen atoms in total. The van der Waals surface area contributed by atoms with Crippen LogP contribution in [0.2, 0.25) is 0 Å². The van der Waals surface area contributed by atoms with Crippen LogP contribution in [0.3, 0.4) is 0 Å². The highest BCUT2D eigenvalue weighted by Gasteiger charge is 2.32. The number of benzene rings is 3. The summed E-state index contributed by atoms with van der Waals surface area (Å²) in [4.78, 5) is 18.9. The van der Waals surface area contributed by atoms with E-state index in [0.29, 0.717) is 37.7 Å². The number of ether oxygens (including phenoxy) is 1. The van der Waals surface area contributed by atoms with E-state index in [2.05, 4.69) is 10.3 Å². The summed E-state index contributed by atoms with van der Waals surface area (Å²) < 4.78 is 45.9. The number of hydrogen-bond acceptors (Lipinski definition) is 4. The van der Waals surface area contributed by atoms with Crippen molar-refractivity contribution in [2.24, 2.45) is 0 Å². The molecule has 1 saturated heterocycles. The van der Waals surface area contributed by atoms with Crippen LogP contribution in [0.4, 0.5) is 24.5 Å². The number of nitrogens with zero attached hydrogens (tertiary/aromatic N) is 2. The van der Waals surface area contributed by atoms with Crippen molar-refractivity contribution in [2.75, 3.05) is 36.5 Å². The average molecular weight is 477 g/mol. The molecule has 0 bridgehead atoms. The van der Waals surface area contributed by atoms with Crippen LogP contribution in [0.25, 0.3) is 21.9 Å². The lowest BCUT2D eigenvalue weighted by Crippen LogP contribution is -2.36. The highest BCUT2D eigenvalue weighted by molar-refractivity contribution is 6.05. The van der Waals surface area contributed by atoms with Crippen molar-refractivity contribution in [1.29, 1.82) is 0 Å². The lowest BCUT2D eigenvalue weighted by atomic mass is 9.99. The first-order valence-corrected chi connectivity index (χ1v) is 11.2. The molecule has 0 saturated carbocycles. The number of fused-ring (bicyclic) bond motifs is 1. The van der Waals surface area contributed by atoms with Crippen molar-refractivity contribution in [1.82, 2.24) is 4.98 Å². The second kappa shape index (κ2) is 9.38. The standard InChI is InChI=1S/C27H22F3N3O2/c28-27(29,30)21-14-20(15-23(16-21)33-10-12-35-13-11-33)26(34)32-22-6-4-18(5-7-22)24-3-1-2-19-17-31-9-8-25(19)24/h1-9,14-17H,10-13H2,(H,32,34). The molecule has 1 aromatic heterocycles. The van der Waals surface area contributed by atoms with Crippen LogP contribution in [0.15, 0.2) is 79.1 Å². The van der Waals surface area contributed by atoms with Crippen LogP contribution in [-0.4, -0.2) is 37.2 Å². The van der Waals surface area contributed by atoms with E-state index in [0.717, 1.165) is 34.0 Å². The lowest BCUT2D eigenvalue weighted by Gasteiger charge is -2.29. The number of halogens is 3. The number of anilines is 2. The molecule has 0 aliphatic carbocycles. The van der Waals surface area contributed by atoms with Gasteiger partial charge < -0.3 is 15.0 Å². The third kappa shape index (κ3) is 4.97. The summed E-state index contributed by atoms with van der Waals surface area (Å²) in [6, 6.07) is 18.6. The van der Waals surface area contributed by atoms with Crippen LogP contribution in [-0.2, 0) is 10.9 Å². The molecule has 1 aliphatic rings. The van der Waals surface area contributed by atoms with Gasteiger partial charge >= 0.3 is 6.18 Å². The maximum Gasteiger partial charge on any atom is 0.416 e. The van der Waals surface area contributed by atoms with Gasteiger partial charge in [0.1, 0.15) is 0 Å². The molecular weight excluding hydrogens is 455 g/mol. The summed E-state index contributed by atoms with van der Waals surface area (Å²) in [5.41, 5.74) is 1.92. The van der Waals surface area contributed by atoms with Gasteiger partial charge in [0.25, 0.3) is 5.91 Å². The van der Waals surface area contributed by atoms with E-state index in [-0.39, 0.29) is 5.56 Å². The summed E-state index contributed by atoms with van der Waals surface area (Å²) in [6.45, 7) is 1.79. The van der Waals surface area contributed by atoms with Crippen molar-refractivity contribution in [3.05, 3.63) is 90.3 Å². The number of pyridine rings is 1. The summed E-state index contributed by atoms with van der Waals surface area (Å²) in [5.74, 6) is -0.602. The van der Waals surface area contributed by atoms with E-state index in [1.54, 1.807) is 29.4 Å². The zero-order valence-electron chi connectivity index (χ0n) is 18.7. The molecular formula is C27H22F3N3O2. The van der Waals surface area contributed by atoms with Gasteiger partial charge in [-0.25, -0.2) is 0 Å². The largest absolute Gasteiger partial charge is 0.416 e. The Kier molecular flexibility index (Phi) is 6.13. The Morgan fingerprint density at radius 3 is 2.49 bits per heavy atom. The van der Waals surface area contributed by atoms with E-state index >= 15 is 0 Å². The second-order valence-electron chi connectivity index (χ2n) is 8.30. The highest BCUT2D eigenvalue weighted by Crippen LogP contribution is 2.34. The summed E-state index contributed by atoms with van der Waals surface area (Å²) in [7, 11) is 0. The Morgan fingerprint density at radius 2 is 1.74 bits per heavy atom. The molecule has 178 valence electrons. The number of hydrogen-bond donors (Lipinski definition) is 1. The predicted molar refractivity (Wildman–Crippen MR) is 130 cm³/mol. The number of carbonyl (C=O) groups is 1. The molecule has 0 atom stereocenters. The zero-order chi connectivity index (χ0) is 24.4. The zero-order valence-corrected chi connectivity index (χ0v) is 18.7. The average Bonchev–Trinajstić information content (AvgIpc) is 2.88. The first-order valence-electron chi connectivity index (χ1n) is 11.2. The summed E-state index contributed by atoms with van der Waals surface area (Å²) >= 11 is 0. The van der Waals surface area contributed by atoms with Crippen LogP contribution in [0.1, 0.15) is 15.9 Å². The van der Waals surface area contributed by atoms with Crippen LogP contribution in [0, 0.1) is 0 Å². The minimum absolute atomic E-state index is 0.0491. The number of morpholine rings is 1. The first-order chi connectivity index (χ1) is 16.9. The van der Waals surface area contributed by atoms with Crippen molar-refractivity contribution in [2.45, 2.75) is 6.18 Å². The third-order valence-electron chi connectivity index (χ3n) is 6.02. The normalized spacial score (nSPS) is 14.2. The van der Waals surface area contributed by atoms with Gasteiger partial charge in [0, 0.05) is 47.8 Å². The van der Waals surface area contributed by atoms with Gasteiger partial charge in [-0.3, -0.25) is 9.78 Å². The fourth-order valence-corrected chi connectivity index (χ4v) is 4.22. The number of nitrogens with one attached hydrogen (secondary N) is 1. The van der Waals surface area contributed by atoms with Crippen molar-refractivity contribution in [3.63, 3.8) is 0 Å². The van der Waals surface area contributed by atoms with Crippen molar-refractivity contribution in [3.8, 4) is 11.1 Å². The number of aromatic nitrogens is 1. The smallest absolute Gasteiger partial charge is 0.378 e. The topological polar surface area (TPSA) is 54.5 Å². The molecule has 1 N–H and O–H groups in total. The van der Waals surface area contributed by atoms with Crippen molar-refractivity contribution >= 4 is 28.1 Å². The maximum absolute atomic E-state index is 13.5. The second-order valence-corrected chi connectivity index (χ2v) is 8.30. The van der Waals surface area contributed by atoms with E-state index in [9.17, 15) is 18.0 Å². The maximum atomic E-state index is 13.5. The Hall–Kier alpha value is -3.91. The molecule has 35 heavy (non-hydrogen) atoms. The Morgan fingerprint density at radius 1 is 0.971 bits per heavy atom. The van der Waals surface area contributed by atoms with Crippen LogP contribution < -0.4 is 10.2 Å². The van der Waals surface area contributed by atoms with E-state index in [4.69, 9.17) is 4.74 Å². The molecule has 2 heterocycles. The van der Waals surface area contributed by atoms with Gasteiger partial charge in [0.2, 0.25) is 0 Å². The number of carbonyl (C=O) groups excluding carboxylic acids is 1. The van der Waals surface area contributed by atoms with E-state index < -0.39 is 17.6 Å². The Bertz CT molecular complexity index is 1360. The molecule has 0 spiro atoms. The molecule has 1 fully saturated rings. The number of amides is 1. The minimum Gasteiger partial charge on any atom is -0.378 e. The Balaban J connectivity index is 1.40. The summed E-state index contributed by atoms with van der Waals surface area (Å²) in [5, 5.41) is 4.79. The van der Waals surface area contributed by atoms with Gasteiger partial charge in [-0.1, -0.05) is 30.3 Å². The predicted octanol–water partition coefficient (Wildman–Crippen LogP) is 6.01. The van der Waals surface area contributed by atoms with Crippen molar-refractivity contribution < 1.29 is 22.7 Å². The molecule has 1 amide bonds. The van der Waals surface area contributed by atoms with E-state index in [1.807, 2.05) is 36.4 Å². The van der Waals surface area contributed by atoms with Gasteiger partial charge in [0.05, 0.1) is 18.8 Å². The molecule has 3 aromatic carbocycles. The molecule has 1 aliphatic heterocycles. The fraction of sp³-hybridized carbons (Fsp3) is 0.185. The van der Waals surface area contributed by atoms with Crippen LogP contribution >= 0.6 is 0 Å². The minimum atomic E-state index is -4.56. The van der Waals surface area contributed by atoms with E-state index in [1.165, 1.54) is 6.07 Å². The van der Waals surface area contributed by atoms with Gasteiger partial charge in [-0.15, -0.1) is 0 Å². The van der Waals surface area contributed by atoms with Gasteiger partial charge in [-0.2, -0.15) is 13.2 Å². The number of alkyl halides is 3. The molecule has 0 radical (unpaired) electrons. The molecule has 0 unspecified atom stereocenters. The van der Waals surface area contributed by atoms with Crippen LogP contribution in [0.5, 0.6) is 0 Å². The quantitative estimate of drug-likeness (QED) is 0.391. The van der Waals surface area contributed by atoms with Gasteiger partial charge in [-0.05, 0) is 52.9 Å². The molecule has 4 aromatic rings. The highest BCUT2D eigenvalue weighted by atomic mass is 19.4. The SMILES string of the molecule is O=C(Nc1ccc(-c2cccc3cnccc23)cc1)c1cc(N2CCOCC2)cc(C(F)(F)F)c1. The number of rotatable bonds is 4. The fourth-order valence-electron chi connectivity index (χ4n) is 4.22. The Labute approximate surface area is 200 Å². The summed E-state index contributed by atoms with van der Waals surface area (Å²) in [6.07, 6.45) is -1.03. The monoisotopic (exact) mass is 477 g/mol. The third-order valence-corrected chi connectivity index (χ3v) is 6.02.